The molecule has 17 heavy (non-hydrogen) atoms. The van der Waals surface area contributed by atoms with E-state index in [0.29, 0.717) is 17.0 Å². The highest BCUT2D eigenvalue weighted by atomic mass is 16.5. The first-order chi connectivity index (χ1) is 8.15. The molecule has 0 spiro atoms. The maximum atomic E-state index is 12.4. The molecule has 3 heteroatoms. The van der Waals surface area contributed by atoms with Gasteiger partial charge in [-0.1, -0.05) is 12.1 Å². The van der Waals surface area contributed by atoms with E-state index in [4.69, 9.17) is 4.74 Å². The van der Waals surface area contributed by atoms with Gasteiger partial charge in [-0.3, -0.25) is 4.79 Å². The number of aromatic nitrogens is 1. The monoisotopic (exact) mass is 229 g/mol. The van der Waals surface area contributed by atoms with Gasteiger partial charge < -0.3 is 9.30 Å². The van der Waals surface area contributed by atoms with Gasteiger partial charge in [0.15, 0.2) is 0 Å². The molecule has 1 aromatic heterocycles. The smallest absolute Gasteiger partial charge is 0.213 e. The first-order valence-electron chi connectivity index (χ1n) is 5.44. The Morgan fingerprint density at radius 1 is 1.24 bits per heavy atom. The fraction of sp³-hybridized carbons (Fsp3) is 0.214. The lowest BCUT2D eigenvalue weighted by molar-refractivity contribution is 0.102. The quantitative estimate of drug-likeness (QED) is 0.757. The highest BCUT2D eigenvalue weighted by Gasteiger charge is 2.17. The minimum absolute atomic E-state index is 0.0157. The molecule has 0 N–H and O–H groups in total. The van der Waals surface area contributed by atoms with E-state index in [1.54, 1.807) is 13.2 Å². The lowest BCUT2D eigenvalue weighted by Gasteiger charge is -2.10. The van der Waals surface area contributed by atoms with Crippen LogP contribution in [0.4, 0.5) is 0 Å². The van der Waals surface area contributed by atoms with E-state index in [-0.39, 0.29) is 5.78 Å². The maximum Gasteiger partial charge on any atom is 0.213 e. The molecule has 0 bridgehead atoms. The average Bonchev–Trinajstić information content (AvgIpc) is 2.74. The zero-order chi connectivity index (χ0) is 12.4. The molecule has 1 aromatic carbocycles. The van der Waals surface area contributed by atoms with Gasteiger partial charge in [0, 0.05) is 13.2 Å². The van der Waals surface area contributed by atoms with Crippen LogP contribution in [-0.2, 0) is 7.05 Å². The Hall–Kier alpha value is -2.03. The van der Waals surface area contributed by atoms with Crippen molar-refractivity contribution in [3.63, 3.8) is 0 Å². The topological polar surface area (TPSA) is 31.2 Å². The van der Waals surface area contributed by atoms with E-state index < -0.39 is 0 Å². The summed E-state index contributed by atoms with van der Waals surface area (Å²) < 4.78 is 7.11. The van der Waals surface area contributed by atoms with Crippen LogP contribution in [0.1, 0.15) is 21.6 Å². The molecule has 88 valence electrons. The van der Waals surface area contributed by atoms with Crippen molar-refractivity contribution in [2.45, 2.75) is 6.92 Å². The highest BCUT2D eigenvalue weighted by Crippen LogP contribution is 2.25. The van der Waals surface area contributed by atoms with Gasteiger partial charge in [-0.15, -0.1) is 0 Å². The minimum Gasteiger partial charge on any atom is -0.496 e. The Morgan fingerprint density at radius 3 is 2.59 bits per heavy atom. The molecule has 3 nitrogen and oxygen atoms in total. The average molecular weight is 229 g/mol. The minimum atomic E-state index is -0.0157. The molecule has 0 atom stereocenters. The van der Waals surface area contributed by atoms with Crippen molar-refractivity contribution >= 4 is 5.78 Å². The van der Waals surface area contributed by atoms with Crippen LogP contribution in [0.5, 0.6) is 5.75 Å². The van der Waals surface area contributed by atoms with Crippen molar-refractivity contribution in [1.82, 2.24) is 4.57 Å². The second-order valence-electron chi connectivity index (χ2n) is 3.99. The molecule has 1 heterocycles. The Labute approximate surface area is 101 Å². The van der Waals surface area contributed by atoms with Crippen LogP contribution in [-0.4, -0.2) is 17.5 Å². The second-order valence-corrected chi connectivity index (χ2v) is 3.99. The number of carbonyl (C=O) groups is 1. The normalized spacial score (nSPS) is 10.3. The standard InChI is InChI=1S/C14H15NO2/c1-10-6-4-7-11(14(10)17-3)13(16)12-8-5-9-15(12)2/h4-9H,1-3H3. The van der Waals surface area contributed by atoms with E-state index in [0.717, 1.165) is 5.56 Å². The van der Waals surface area contributed by atoms with Crippen molar-refractivity contribution in [2.24, 2.45) is 7.05 Å². The van der Waals surface area contributed by atoms with Crippen LogP contribution in [0, 0.1) is 6.92 Å². The number of rotatable bonds is 3. The van der Waals surface area contributed by atoms with E-state index >= 15 is 0 Å². The molecule has 0 unspecified atom stereocenters. The first-order valence-corrected chi connectivity index (χ1v) is 5.44. The number of ether oxygens (including phenoxy) is 1. The third-order valence-corrected chi connectivity index (χ3v) is 2.84. The number of para-hydroxylation sites is 1. The second kappa shape index (κ2) is 4.45. The third-order valence-electron chi connectivity index (χ3n) is 2.84. The maximum absolute atomic E-state index is 12.4. The summed E-state index contributed by atoms with van der Waals surface area (Å²) in [4.78, 5) is 12.4. The van der Waals surface area contributed by atoms with Crippen LogP contribution in [0.3, 0.4) is 0 Å². The largest absolute Gasteiger partial charge is 0.496 e. The fourth-order valence-corrected chi connectivity index (χ4v) is 1.94. The van der Waals surface area contributed by atoms with Gasteiger partial charge in [0.1, 0.15) is 5.75 Å². The van der Waals surface area contributed by atoms with E-state index in [1.807, 2.05) is 49.0 Å². The molecule has 0 saturated heterocycles. The van der Waals surface area contributed by atoms with E-state index in [1.165, 1.54) is 0 Å². The lowest BCUT2D eigenvalue weighted by atomic mass is 10.0. The summed E-state index contributed by atoms with van der Waals surface area (Å²) in [5.41, 5.74) is 2.23. The summed E-state index contributed by atoms with van der Waals surface area (Å²) in [7, 11) is 3.44. The highest BCUT2D eigenvalue weighted by molar-refractivity contribution is 6.10. The Bertz CT molecular complexity index is 555. The number of nitrogens with zero attached hydrogens (tertiary/aromatic N) is 1. The first kappa shape index (κ1) is 11.5. The van der Waals surface area contributed by atoms with E-state index in [9.17, 15) is 4.79 Å². The summed E-state index contributed by atoms with van der Waals surface area (Å²) in [5.74, 6) is 0.636. The van der Waals surface area contributed by atoms with Gasteiger partial charge in [0.2, 0.25) is 5.78 Å². The molecular formula is C14H15NO2. The van der Waals surface area contributed by atoms with Crippen LogP contribution >= 0.6 is 0 Å². The van der Waals surface area contributed by atoms with Gasteiger partial charge in [-0.2, -0.15) is 0 Å². The van der Waals surface area contributed by atoms with E-state index in [2.05, 4.69) is 0 Å². The van der Waals surface area contributed by atoms with Crippen molar-refractivity contribution in [3.8, 4) is 5.75 Å². The van der Waals surface area contributed by atoms with Crippen LogP contribution in [0.15, 0.2) is 36.5 Å². The number of methoxy groups -OCH3 is 1. The van der Waals surface area contributed by atoms with Crippen molar-refractivity contribution in [1.29, 1.82) is 0 Å². The Morgan fingerprint density at radius 2 is 2.00 bits per heavy atom. The third kappa shape index (κ3) is 1.96. The number of benzene rings is 1. The summed E-state index contributed by atoms with van der Waals surface area (Å²) in [6.45, 7) is 1.93. The van der Waals surface area contributed by atoms with Gasteiger partial charge >= 0.3 is 0 Å². The molecule has 0 aliphatic rings. The molecule has 0 fully saturated rings. The van der Waals surface area contributed by atoms with Gasteiger partial charge in [-0.05, 0) is 30.7 Å². The molecular weight excluding hydrogens is 214 g/mol. The number of aryl methyl sites for hydroxylation is 2. The number of carbonyl (C=O) groups excluding carboxylic acids is 1. The molecule has 0 amide bonds. The van der Waals surface area contributed by atoms with Crippen LogP contribution in [0.2, 0.25) is 0 Å². The summed E-state index contributed by atoms with van der Waals surface area (Å²) in [6, 6.07) is 9.26. The fourth-order valence-electron chi connectivity index (χ4n) is 1.94. The summed E-state index contributed by atoms with van der Waals surface area (Å²) in [5, 5.41) is 0. The van der Waals surface area contributed by atoms with Crippen molar-refractivity contribution < 1.29 is 9.53 Å². The van der Waals surface area contributed by atoms with Gasteiger partial charge in [-0.25, -0.2) is 0 Å². The number of ketones is 1. The van der Waals surface area contributed by atoms with Crippen molar-refractivity contribution in [3.05, 3.63) is 53.3 Å². The number of hydrogen-bond donors (Lipinski definition) is 0. The Balaban J connectivity index is 2.52. The zero-order valence-electron chi connectivity index (χ0n) is 10.2. The van der Waals surface area contributed by atoms with Gasteiger partial charge in [0.05, 0.1) is 18.4 Å². The SMILES string of the molecule is COc1c(C)cccc1C(=O)c1cccn1C. The molecule has 0 aliphatic heterocycles. The molecule has 2 rings (SSSR count). The zero-order valence-corrected chi connectivity index (χ0v) is 10.2. The van der Waals surface area contributed by atoms with Crippen LogP contribution in [0.25, 0.3) is 0 Å². The predicted octanol–water partition coefficient (Wildman–Crippen LogP) is 2.57. The van der Waals surface area contributed by atoms with Gasteiger partial charge in [0.25, 0.3) is 0 Å². The summed E-state index contributed by atoms with van der Waals surface area (Å²) >= 11 is 0. The van der Waals surface area contributed by atoms with Crippen LogP contribution < -0.4 is 4.74 Å². The molecule has 0 saturated carbocycles. The lowest BCUT2D eigenvalue weighted by Crippen LogP contribution is -2.09. The molecule has 0 radical (unpaired) electrons. The molecule has 2 aromatic rings. The summed E-state index contributed by atoms with van der Waals surface area (Å²) in [6.07, 6.45) is 1.86. The van der Waals surface area contributed by atoms with Crippen molar-refractivity contribution in [2.75, 3.05) is 7.11 Å². The number of hydrogen-bond acceptors (Lipinski definition) is 2. The molecule has 0 aliphatic carbocycles. The predicted molar refractivity (Wildman–Crippen MR) is 66.6 cm³/mol. The Kier molecular flexibility index (Phi) is 3.00.